The fraction of sp³-hybridized carbons (Fsp3) is 0.438. The average Bonchev–Trinajstić information content (AvgIpc) is 3.61. The number of benzene rings is 2. The van der Waals surface area contributed by atoms with Gasteiger partial charge in [0.05, 0.1) is 0 Å². The standard InChI is InChI=1S/C32H36O4/c1-20(2)31(33)35-29-25(18-23-12-6-8-14-26(23)29)17-16-21(3)32(34)36-30-27-15-9-7-13-24(27)19-28(30)22-10-4-5-11-22/h6-9,12-15,22,25,28-30H,1,3-5,10-11,16-19H2,2H3. The summed E-state index contributed by atoms with van der Waals surface area (Å²) in [6, 6.07) is 16.5. The molecule has 3 aliphatic rings. The van der Waals surface area contributed by atoms with E-state index in [9.17, 15) is 9.59 Å². The first-order valence-corrected chi connectivity index (χ1v) is 13.3. The van der Waals surface area contributed by atoms with Crippen LogP contribution in [-0.2, 0) is 31.9 Å². The SMILES string of the molecule is C=C(C)C(=O)OC1c2ccccc2CC1CCC(=C)C(=O)OC1c2ccccc2CC1C1CCCC1. The van der Waals surface area contributed by atoms with Crippen molar-refractivity contribution in [2.45, 2.75) is 70.5 Å². The van der Waals surface area contributed by atoms with E-state index >= 15 is 0 Å². The summed E-state index contributed by atoms with van der Waals surface area (Å²) in [6.45, 7) is 9.49. The molecule has 4 atom stereocenters. The molecule has 36 heavy (non-hydrogen) atoms. The van der Waals surface area contributed by atoms with Gasteiger partial charge in [-0.25, -0.2) is 9.59 Å². The number of fused-ring (bicyclic) bond motifs is 2. The molecule has 4 nitrogen and oxygen atoms in total. The monoisotopic (exact) mass is 484 g/mol. The Labute approximate surface area is 214 Å². The van der Waals surface area contributed by atoms with Gasteiger partial charge in [-0.15, -0.1) is 0 Å². The minimum absolute atomic E-state index is 0.0914. The molecular weight excluding hydrogens is 448 g/mol. The highest BCUT2D eigenvalue weighted by Gasteiger charge is 2.41. The molecule has 2 aromatic carbocycles. The Balaban J connectivity index is 1.24. The zero-order chi connectivity index (χ0) is 25.2. The third kappa shape index (κ3) is 4.91. The van der Waals surface area contributed by atoms with Crippen LogP contribution in [0.4, 0.5) is 0 Å². The Kier molecular flexibility index (Phi) is 7.13. The van der Waals surface area contributed by atoms with Crippen molar-refractivity contribution in [3.05, 3.63) is 95.1 Å². The van der Waals surface area contributed by atoms with Crippen molar-refractivity contribution >= 4 is 11.9 Å². The molecule has 3 aliphatic carbocycles. The summed E-state index contributed by atoms with van der Waals surface area (Å²) in [5, 5.41) is 0. The lowest BCUT2D eigenvalue weighted by Gasteiger charge is -2.26. The molecule has 0 saturated heterocycles. The van der Waals surface area contributed by atoms with Crippen LogP contribution >= 0.6 is 0 Å². The van der Waals surface area contributed by atoms with Gasteiger partial charge < -0.3 is 9.47 Å². The van der Waals surface area contributed by atoms with Crippen molar-refractivity contribution in [3.63, 3.8) is 0 Å². The molecule has 0 amide bonds. The molecule has 4 heteroatoms. The maximum absolute atomic E-state index is 13.2. The molecule has 1 saturated carbocycles. The quantitative estimate of drug-likeness (QED) is 0.299. The first-order chi connectivity index (χ1) is 17.4. The lowest BCUT2D eigenvalue weighted by atomic mass is 9.86. The summed E-state index contributed by atoms with van der Waals surface area (Å²) < 4.78 is 12.0. The van der Waals surface area contributed by atoms with Crippen LogP contribution in [0, 0.1) is 17.8 Å². The second-order valence-electron chi connectivity index (χ2n) is 10.8. The zero-order valence-corrected chi connectivity index (χ0v) is 21.2. The molecule has 0 bridgehead atoms. The lowest BCUT2D eigenvalue weighted by Crippen LogP contribution is -2.23. The van der Waals surface area contributed by atoms with Gasteiger partial charge >= 0.3 is 11.9 Å². The van der Waals surface area contributed by atoms with E-state index < -0.39 is 0 Å². The summed E-state index contributed by atoms with van der Waals surface area (Å²) in [5.41, 5.74) is 5.59. The third-order valence-corrected chi connectivity index (χ3v) is 8.41. The smallest absolute Gasteiger partial charge is 0.334 e. The Bertz CT molecular complexity index is 1170. The molecule has 1 fully saturated rings. The maximum Gasteiger partial charge on any atom is 0.334 e. The third-order valence-electron chi connectivity index (χ3n) is 8.41. The Hall–Kier alpha value is -3.14. The van der Waals surface area contributed by atoms with Crippen molar-refractivity contribution in [1.29, 1.82) is 0 Å². The summed E-state index contributed by atoms with van der Waals surface area (Å²) in [7, 11) is 0. The van der Waals surface area contributed by atoms with E-state index in [0.717, 1.165) is 24.0 Å². The zero-order valence-electron chi connectivity index (χ0n) is 21.2. The molecule has 4 unspecified atom stereocenters. The van der Waals surface area contributed by atoms with Crippen molar-refractivity contribution < 1.29 is 19.1 Å². The fourth-order valence-electron chi connectivity index (χ4n) is 6.47. The molecule has 2 aromatic rings. The van der Waals surface area contributed by atoms with Crippen molar-refractivity contribution in [2.24, 2.45) is 17.8 Å². The van der Waals surface area contributed by atoms with E-state index in [1.165, 1.54) is 36.8 Å². The van der Waals surface area contributed by atoms with Crippen molar-refractivity contribution in [2.75, 3.05) is 0 Å². The van der Waals surface area contributed by atoms with Gasteiger partial charge in [-0.3, -0.25) is 0 Å². The second kappa shape index (κ2) is 10.5. The summed E-state index contributed by atoms with van der Waals surface area (Å²) >= 11 is 0. The Morgan fingerprint density at radius 3 is 2.08 bits per heavy atom. The van der Waals surface area contributed by atoms with Gasteiger partial charge in [-0.1, -0.05) is 87.4 Å². The van der Waals surface area contributed by atoms with Gasteiger partial charge in [0.25, 0.3) is 0 Å². The summed E-state index contributed by atoms with van der Waals surface area (Å²) in [5.74, 6) is 0.387. The molecule has 0 heterocycles. The van der Waals surface area contributed by atoms with Gasteiger partial charge in [-0.2, -0.15) is 0 Å². The Morgan fingerprint density at radius 1 is 0.833 bits per heavy atom. The molecule has 0 radical (unpaired) electrons. The average molecular weight is 485 g/mol. The van der Waals surface area contributed by atoms with E-state index in [0.29, 0.717) is 35.8 Å². The molecule has 5 rings (SSSR count). The van der Waals surface area contributed by atoms with Gasteiger partial charge in [-0.05, 0) is 60.8 Å². The first kappa shape index (κ1) is 24.5. The van der Waals surface area contributed by atoms with Gasteiger partial charge in [0, 0.05) is 23.0 Å². The van der Waals surface area contributed by atoms with E-state index in [4.69, 9.17) is 9.47 Å². The number of esters is 2. The van der Waals surface area contributed by atoms with Crippen molar-refractivity contribution in [1.82, 2.24) is 0 Å². The van der Waals surface area contributed by atoms with E-state index in [2.05, 4.69) is 37.4 Å². The predicted molar refractivity (Wildman–Crippen MR) is 140 cm³/mol. The predicted octanol–water partition coefficient (Wildman–Crippen LogP) is 7.00. The van der Waals surface area contributed by atoms with Gasteiger partial charge in [0.2, 0.25) is 0 Å². The molecular formula is C32H36O4. The summed E-state index contributed by atoms with van der Waals surface area (Å²) in [6.07, 6.45) is 7.48. The second-order valence-corrected chi connectivity index (χ2v) is 10.8. The highest BCUT2D eigenvalue weighted by molar-refractivity contribution is 5.88. The van der Waals surface area contributed by atoms with Crippen LogP contribution in [0.5, 0.6) is 0 Å². The van der Waals surface area contributed by atoms with Crippen LogP contribution in [0.3, 0.4) is 0 Å². The molecule has 0 N–H and O–H groups in total. The van der Waals surface area contributed by atoms with Crippen LogP contribution in [0.1, 0.15) is 79.9 Å². The molecule has 0 aromatic heterocycles. The molecule has 0 aliphatic heterocycles. The number of rotatable bonds is 8. The lowest BCUT2D eigenvalue weighted by molar-refractivity contribution is -0.149. The van der Waals surface area contributed by atoms with Crippen LogP contribution in [0.15, 0.2) is 72.8 Å². The first-order valence-electron chi connectivity index (χ1n) is 13.3. The van der Waals surface area contributed by atoms with E-state index in [1.54, 1.807) is 6.92 Å². The van der Waals surface area contributed by atoms with Gasteiger partial charge in [0.15, 0.2) is 0 Å². The van der Waals surface area contributed by atoms with Crippen LogP contribution < -0.4 is 0 Å². The number of carbonyl (C=O) groups excluding carboxylic acids is 2. The highest BCUT2D eigenvalue weighted by Crippen LogP contribution is 2.48. The fourth-order valence-corrected chi connectivity index (χ4v) is 6.47. The maximum atomic E-state index is 13.2. The van der Waals surface area contributed by atoms with E-state index in [1.807, 2.05) is 24.3 Å². The number of hydrogen-bond acceptors (Lipinski definition) is 4. The minimum Gasteiger partial charge on any atom is -0.454 e. The number of carbonyl (C=O) groups is 2. The topological polar surface area (TPSA) is 52.6 Å². The Morgan fingerprint density at radius 2 is 1.42 bits per heavy atom. The van der Waals surface area contributed by atoms with Crippen LogP contribution in [-0.4, -0.2) is 11.9 Å². The molecule has 188 valence electrons. The van der Waals surface area contributed by atoms with Crippen molar-refractivity contribution in [3.8, 4) is 0 Å². The van der Waals surface area contributed by atoms with Crippen LogP contribution in [0.25, 0.3) is 0 Å². The van der Waals surface area contributed by atoms with E-state index in [-0.39, 0.29) is 30.1 Å². The van der Waals surface area contributed by atoms with Crippen LogP contribution in [0.2, 0.25) is 0 Å². The normalized spacial score (nSPS) is 24.7. The minimum atomic E-state index is -0.377. The number of ether oxygens (including phenoxy) is 2. The number of hydrogen-bond donors (Lipinski definition) is 0. The van der Waals surface area contributed by atoms with Gasteiger partial charge in [0.1, 0.15) is 12.2 Å². The molecule has 0 spiro atoms. The largest absolute Gasteiger partial charge is 0.454 e. The highest BCUT2D eigenvalue weighted by atomic mass is 16.5. The summed E-state index contributed by atoms with van der Waals surface area (Å²) in [4.78, 5) is 25.5.